The van der Waals surface area contributed by atoms with Gasteiger partial charge in [-0.05, 0) is 41.8 Å². The highest BCUT2D eigenvalue weighted by Crippen LogP contribution is 2.27. The van der Waals surface area contributed by atoms with E-state index in [1.807, 2.05) is 22.9 Å². The maximum atomic E-state index is 13.7. The van der Waals surface area contributed by atoms with Crippen molar-refractivity contribution in [2.45, 2.75) is 10.9 Å². The van der Waals surface area contributed by atoms with E-state index < -0.39 is 5.82 Å². The highest BCUT2D eigenvalue weighted by Gasteiger charge is 2.16. The fourth-order valence-corrected chi connectivity index (χ4v) is 4.67. The van der Waals surface area contributed by atoms with Crippen LogP contribution in [0, 0.1) is 5.82 Å². The molecule has 0 bridgehead atoms. The topological polar surface area (TPSA) is 73.8 Å². The molecule has 31 heavy (non-hydrogen) atoms. The second-order valence-electron chi connectivity index (χ2n) is 6.46. The number of fused-ring (bicyclic) bond motifs is 1. The number of thioether (sulfide) groups is 1. The molecule has 0 amide bonds. The third-order valence-electron chi connectivity index (χ3n) is 4.48. The summed E-state index contributed by atoms with van der Waals surface area (Å²) in [5.41, 5.74) is 1.58. The normalized spacial score (nSPS) is 11.3. The maximum absolute atomic E-state index is 13.7. The number of thiophene rings is 1. The lowest BCUT2D eigenvalue weighted by Gasteiger charge is -2.13. The summed E-state index contributed by atoms with van der Waals surface area (Å²) in [7, 11) is 0. The molecule has 0 unspecified atom stereocenters. The number of hydrogen-bond donors (Lipinski definition) is 0. The van der Waals surface area contributed by atoms with Crippen LogP contribution in [0.3, 0.4) is 0 Å². The van der Waals surface area contributed by atoms with Crippen LogP contribution >= 0.6 is 34.7 Å². The van der Waals surface area contributed by atoms with Gasteiger partial charge < -0.3 is 4.52 Å². The van der Waals surface area contributed by atoms with Crippen LogP contribution in [0.1, 0.15) is 5.89 Å². The minimum Gasteiger partial charge on any atom is -0.338 e. The molecule has 2 aromatic carbocycles. The van der Waals surface area contributed by atoms with Gasteiger partial charge in [0, 0.05) is 10.9 Å². The number of benzene rings is 2. The summed E-state index contributed by atoms with van der Waals surface area (Å²) in [6, 6.07) is 13.1. The zero-order chi connectivity index (χ0) is 21.4. The molecule has 0 aliphatic heterocycles. The van der Waals surface area contributed by atoms with E-state index in [1.54, 1.807) is 29.5 Å². The molecule has 0 aliphatic carbocycles. The van der Waals surface area contributed by atoms with Gasteiger partial charge in [-0.25, -0.2) is 9.37 Å². The lowest BCUT2D eigenvalue weighted by atomic mass is 10.2. The van der Waals surface area contributed by atoms with Gasteiger partial charge >= 0.3 is 0 Å². The summed E-state index contributed by atoms with van der Waals surface area (Å²) < 4.78 is 20.4. The monoisotopic (exact) mass is 470 g/mol. The predicted molar refractivity (Wildman–Crippen MR) is 119 cm³/mol. The number of nitrogens with zero attached hydrogens (tertiary/aromatic N) is 4. The van der Waals surface area contributed by atoms with Gasteiger partial charge in [-0.1, -0.05) is 40.7 Å². The Hall–Kier alpha value is -3.01. The van der Waals surface area contributed by atoms with E-state index in [9.17, 15) is 9.18 Å². The third kappa shape index (κ3) is 3.87. The molecule has 0 saturated carbocycles. The van der Waals surface area contributed by atoms with Crippen molar-refractivity contribution in [3.05, 3.63) is 86.4 Å². The molecule has 6 nitrogen and oxygen atoms in total. The summed E-state index contributed by atoms with van der Waals surface area (Å²) in [6.07, 6.45) is 0. The second kappa shape index (κ2) is 8.26. The second-order valence-corrected chi connectivity index (χ2v) is 8.59. The Morgan fingerprint density at radius 1 is 1.16 bits per heavy atom. The van der Waals surface area contributed by atoms with E-state index in [0.717, 1.165) is 5.56 Å². The first-order valence-electron chi connectivity index (χ1n) is 9.05. The van der Waals surface area contributed by atoms with Crippen molar-refractivity contribution in [1.82, 2.24) is 19.7 Å². The van der Waals surface area contributed by atoms with Crippen molar-refractivity contribution in [2.75, 3.05) is 0 Å². The smallest absolute Gasteiger partial charge is 0.266 e. The fourth-order valence-electron chi connectivity index (χ4n) is 3.01. The predicted octanol–water partition coefficient (Wildman–Crippen LogP) is 5.58. The molecule has 3 heterocycles. The zero-order valence-corrected chi connectivity index (χ0v) is 18.0. The molecule has 0 spiro atoms. The Labute approximate surface area is 188 Å². The Bertz CT molecular complexity index is 1450. The summed E-state index contributed by atoms with van der Waals surface area (Å²) in [5.74, 6) is 0.646. The molecule has 0 fully saturated rings. The Morgan fingerprint density at radius 2 is 2.03 bits per heavy atom. The van der Waals surface area contributed by atoms with Gasteiger partial charge in [-0.2, -0.15) is 16.3 Å². The van der Waals surface area contributed by atoms with Crippen LogP contribution in [0.25, 0.3) is 28.0 Å². The molecule has 0 atom stereocenters. The minimum absolute atomic E-state index is 0.0779. The average Bonchev–Trinajstić information content (AvgIpc) is 3.46. The summed E-state index contributed by atoms with van der Waals surface area (Å²) in [6.45, 7) is 0. The lowest BCUT2D eigenvalue weighted by Crippen LogP contribution is -2.21. The van der Waals surface area contributed by atoms with Gasteiger partial charge in [-0.3, -0.25) is 9.36 Å². The van der Waals surface area contributed by atoms with Crippen LogP contribution in [0.5, 0.6) is 0 Å². The number of para-hydroxylation sites is 1. The van der Waals surface area contributed by atoms with Gasteiger partial charge in [-0.15, -0.1) is 0 Å². The molecular formula is C21H12ClFN4O2S2. The minimum atomic E-state index is -0.562. The number of rotatable bonds is 5. The first-order valence-corrected chi connectivity index (χ1v) is 11.4. The van der Waals surface area contributed by atoms with Crippen molar-refractivity contribution in [1.29, 1.82) is 0 Å². The standard InChI is InChI=1S/C21H12ClFN4O2S2/c22-15-9-13(5-6-16(15)23)27-20(28)14-3-1-2-4-17(14)24-21(27)31-11-18-25-19(26-29-18)12-7-8-30-10-12/h1-10H,11H2. The maximum Gasteiger partial charge on any atom is 0.266 e. The highest BCUT2D eigenvalue weighted by molar-refractivity contribution is 7.98. The lowest BCUT2D eigenvalue weighted by molar-refractivity contribution is 0.391. The SMILES string of the molecule is O=c1c2ccccc2nc(SCc2nc(-c3ccsc3)no2)n1-c1ccc(F)c(Cl)c1. The van der Waals surface area contributed by atoms with Gasteiger partial charge in [0.25, 0.3) is 5.56 Å². The van der Waals surface area contributed by atoms with Crippen LogP contribution in [-0.2, 0) is 5.75 Å². The number of aromatic nitrogens is 4. The molecule has 0 radical (unpaired) electrons. The van der Waals surface area contributed by atoms with Crippen molar-refractivity contribution >= 4 is 45.6 Å². The Kier molecular flexibility index (Phi) is 5.31. The molecule has 0 N–H and O–H groups in total. The van der Waals surface area contributed by atoms with Gasteiger partial charge in [0.2, 0.25) is 11.7 Å². The van der Waals surface area contributed by atoms with Crippen molar-refractivity contribution in [3.63, 3.8) is 0 Å². The van der Waals surface area contributed by atoms with E-state index >= 15 is 0 Å². The van der Waals surface area contributed by atoms with Crippen molar-refractivity contribution in [3.8, 4) is 17.1 Å². The molecule has 10 heteroatoms. The average molecular weight is 471 g/mol. The molecule has 0 aliphatic rings. The van der Waals surface area contributed by atoms with Crippen molar-refractivity contribution < 1.29 is 8.91 Å². The third-order valence-corrected chi connectivity index (χ3v) is 6.37. The first kappa shape index (κ1) is 19.9. The fraction of sp³-hybridized carbons (Fsp3) is 0.0476. The Balaban J connectivity index is 1.55. The van der Waals surface area contributed by atoms with E-state index in [-0.39, 0.29) is 10.6 Å². The quantitative estimate of drug-likeness (QED) is 0.246. The highest BCUT2D eigenvalue weighted by atomic mass is 35.5. The van der Waals surface area contributed by atoms with E-state index in [1.165, 1.54) is 34.5 Å². The number of hydrogen-bond acceptors (Lipinski definition) is 7. The Morgan fingerprint density at radius 3 is 2.84 bits per heavy atom. The van der Waals surface area contributed by atoms with E-state index in [0.29, 0.717) is 39.2 Å². The van der Waals surface area contributed by atoms with Gasteiger partial charge in [0.05, 0.1) is 27.4 Å². The van der Waals surface area contributed by atoms with Crippen LogP contribution in [0.4, 0.5) is 4.39 Å². The van der Waals surface area contributed by atoms with Gasteiger partial charge in [0.15, 0.2) is 5.16 Å². The zero-order valence-electron chi connectivity index (χ0n) is 15.7. The summed E-state index contributed by atoms with van der Waals surface area (Å²) >= 11 is 8.77. The number of halogens is 2. The van der Waals surface area contributed by atoms with Crippen molar-refractivity contribution in [2.24, 2.45) is 0 Å². The van der Waals surface area contributed by atoms with Crippen LogP contribution in [0.2, 0.25) is 5.02 Å². The summed E-state index contributed by atoms with van der Waals surface area (Å²) in [4.78, 5) is 22.3. The molecule has 0 saturated heterocycles. The molecular weight excluding hydrogens is 459 g/mol. The van der Waals surface area contributed by atoms with E-state index in [2.05, 4.69) is 15.1 Å². The largest absolute Gasteiger partial charge is 0.338 e. The molecule has 3 aromatic heterocycles. The van der Waals surface area contributed by atoms with E-state index in [4.69, 9.17) is 16.1 Å². The molecule has 5 aromatic rings. The van der Waals surface area contributed by atoms with Gasteiger partial charge in [0.1, 0.15) is 5.82 Å². The van der Waals surface area contributed by atoms with Crippen LogP contribution < -0.4 is 5.56 Å². The van der Waals surface area contributed by atoms with Crippen LogP contribution in [-0.4, -0.2) is 19.7 Å². The van der Waals surface area contributed by atoms with Crippen LogP contribution in [0.15, 0.2) is 73.8 Å². The summed E-state index contributed by atoms with van der Waals surface area (Å²) in [5, 5.41) is 8.64. The molecule has 5 rings (SSSR count). The molecule has 154 valence electrons. The first-order chi connectivity index (χ1) is 15.1.